The zero-order valence-electron chi connectivity index (χ0n) is 33.9. The Morgan fingerprint density at radius 1 is 0.983 bits per heavy atom. The molecule has 0 bridgehead atoms. The number of carbonyl (C=O) groups excluding carboxylic acids is 5. The van der Waals surface area contributed by atoms with Crippen LogP contribution in [0.3, 0.4) is 0 Å². The van der Waals surface area contributed by atoms with Crippen molar-refractivity contribution in [2.45, 2.75) is 77.2 Å². The summed E-state index contributed by atoms with van der Waals surface area (Å²) < 4.78 is 11.9. The van der Waals surface area contributed by atoms with E-state index in [1.807, 2.05) is 24.3 Å². The van der Waals surface area contributed by atoms with Crippen LogP contribution in [0.2, 0.25) is 0 Å². The van der Waals surface area contributed by atoms with E-state index in [9.17, 15) is 29.1 Å². The quantitative estimate of drug-likeness (QED) is 0.0774. The SMILES string of the molecule is CCCC(=O)[O-].NC(N)=C(/C=C(\N)c1ccccc1OC=O)n1cc(N2CCN(C3CCCCC3)CC2=O)cn1.O=C1CCCC(=O)N1.[Na+].c1ccc2c(c1)NCCO2. The number of carboxylic acid groups (broad SMARTS) is 1. The van der Waals surface area contributed by atoms with Crippen molar-refractivity contribution in [1.82, 2.24) is 20.0 Å². The third-order valence-corrected chi connectivity index (χ3v) is 9.53. The summed E-state index contributed by atoms with van der Waals surface area (Å²) in [6.45, 7) is 5.68. The van der Waals surface area contributed by atoms with Gasteiger partial charge in [-0.3, -0.25) is 29.4 Å². The second kappa shape index (κ2) is 25.2. The van der Waals surface area contributed by atoms with Gasteiger partial charge in [0, 0.05) is 55.7 Å². The number of para-hydroxylation sites is 3. The molecular formula is C41H54N9NaO8. The number of nitrogens with two attached hydrogens (primary N) is 3. The summed E-state index contributed by atoms with van der Waals surface area (Å²) in [6, 6.07) is 15.3. The van der Waals surface area contributed by atoms with Crippen LogP contribution in [0.25, 0.3) is 11.4 Å². The summed E-state index contributed by atoms with van der Waals surface area (Å²) in [4.78, 5) is 58.0. The number of aromatic nitrogens is 2. The minimum atomic E-state index is -0.961. The number of imide groups is 1. The number of nitrogens with one attached hydrogen (secondary N) is 2. The molecule has 3 amide bonds. The van der Waals surface area contributed by atoms with Gasteiger partial charge >= 0.3 is 29.6 Å². The number of ether oxygens (including phenoxy) is 2. The molecule has 3 aromatic rings. The Morgan fingerprint density at radius 3 is 2.27 bits per heavy atom. The number of anilines is 2. The molecular weight excluding hydrogens is 769 g/mol. The molecule has 17 nitrogen and oxygen atoms in total. The first-order valence-electron chi connectivity index (χ1n) is 19.5. The topological polar surface area (TPSA) is 253 Å². The van der Waals surface area contributed by atoms with Gasteiger partial charge in [-0.15, -0.1) is 0 Å². The second-order valence-electron chi connectivity index (χ2n) is 13.8. The molecule has 3 aliphatic heterocycles. The van der Waals surface area contributed by atoms with Crippen molar-refractivity contribution < 1.29 is 68.1 Å². The molecule has 3 fully saturated rings. The van der Waals surface area contributed by atoms with E-state index >= 15 is 0 Å². The number of rotatable bonds is 9. The number of hydrogen-bond acceptors (Lipinski definition) is 14. The van der Waals surface area contributed by atoms with Crippen molar-refractivity contribution in [3.8, 4) is 11.5 Å². The third kappa shape index (κ3) is 15.4. The van der Waals surface area contributed by atoms with Crippen LogP contribution < -0.4 is 76.9 Å². The first-order valence-corrected chi connectivity index (χ1v) is 19.5. The molecule has 2 saturated heterocycles. The van der Waals surface area contributed by atoms with Crippen molar-refractivity contribution in [2.75, 3.05) is 43.0 Å². The molecule has 1 saturated carbocycles. The molecule has 4 aliphatic rings. The van der Waals surface area contributed by atoms with Crippen molar-refractivity contribution in [1.29, 1.82) is 0 Å². The third-order valence-electron chi connectivity index (χ3n) is 9.53. The summed E-state index contributed by atoms with van der Waals surface area (Å²) in [5.41, 5.74) is 21.0. The van der Waals surface area contributed by atoms with Crippen LogP contribution in [0, 0.1) is 0 Å². The van der Waals surface area contributed by atoms with Crippen molar-refractivity contribution >= 4 is 52.9 Å². The number of piperidine rings is 1. The zero-order valence-corrected chi connectivity index (χ0v) is 35.9. The molecule has 0 radical (unpaired) electrons. The standard InChI is InChI=1S/C24H31N7O3.C8H9NO.C5H7NO2.C4H8O2.Na/c25-20(19-8-4-5-9-22(19)34-16-32)12-21(24(26)27)31-14-18(13-28-31)30-11-10-29(15-23(30)33)17-6-2-1-3-7-17;1-2-4-8-7(3-1)9-5-6-10-8;7-4-2-1-3-5(8)6-4;1-2-3-4(5)6;/h4-5,8-9,12-14,16-17H,1-3,6-7,10-11,15,25-27H2;1-4,9H,5-6H2;1-3H2,(H,6,7,8);2-3H2,1H3,(H,5,6);/q;;;;+1/p-1/b20-12-;;;;. The van der Waals surface area contributed by atoms with E-state index < -0.39 is 5.97 Å². The zero-order chi connectivity index (χ0) is 41.9. The Kier molecular flexibility index (Phi) is 20.5. The average molecular weight is 824 g/mol. The van der Waals surface area contributed by atoms with E-state index in [0.717, 1.165) is 31.1 Å². The van der Waals surface area contributed by atoms with Gasteiger partial charge in [-0.05, 0) is 56.0 Å². The molecule has 312 valence electrons. The Hall–Kier alpha value is -5.36. The van der Waals surface area contributed by atoms with Crippen LogP contribution in [-0.2, 0) is 24.0 Å². The predicted octanol–water partition coefficient (Wildman–Crippen LogP) is -0.713. The maximum Gasteiger partial charge on any atom is 1.00 e. The minimum Gasteiger partial charge on any atom is -0.550 e. The molecule has 59 heavy (non-hydrogen) atoms. The Bertz CT molecular complexity index is 1890. The number of piperazine rings is 1. The molecule has 0 atom stereocenters. The molecule has 2 aromatic carbocycles. The summed E-state index contributed by atoms with van der Waals surface area (Å²) in [7, 11) is 0. The molecule has 7 rings (SSSR count). The van der Waals surface area contributed by atoms with Gasteiger partial charge in [0.15, 0.2) is 0 Å². The summed E-state index contributed by atoms with van der Waals surface area (Å²) in [5.74, 6) is 0.0926. The fourth-order valence-corrected chi connectivity index (χ4v) is 6.65. The number of nitrogens with zero attached hydrogens (tertiary/aromatic N) is 4. The molecule has 18 heteroatoms. The van der Waals surface area contributed by atoms with Crippen LogP contribution >= 0.6 is 0 Å². The Morgan fingerprint density at radius 2 is 1.68 bits per heavy atom. The fourth-order valence-electron chi connectivity index (χ4n) is 6.65. The van der Waals surface area contributed by atoms with E-state index in [4.69, 9.17) is 26.7 Å². The first-order chi connectivity index (χ1) is 28.0. The largest absolute Gasteiger partial charge is 1.00 e. The number of carboxylic acids is 1. The molecule has 1 aliphatic carbocycles. The van der Waals surface area contributed by atoms with E-state index in [1.165, 1.54) is 36.8 Å². The molecule has 0 unspecified atom stereocenters. The van der Waals surface area contributed by atoms with Crippen molar-refractivity contribution in [3.05, 3.63) is 78.4 Å². The van der Waals surface area contributed by atoms with E-state index in [0.29, 0.717) is 74.0 Å². The number of allylic oxidation sites excluding steroid dienone is 2. The van der Waals surface area contributed by atoms with Crippen molar-refractivity contribution in [2.24, 2.45) is 17.2 Å². The maximum atomic E-state index is 12.9. The van der Waals surface area contributed by atoms with Gasteiger partial charge in [-0.1, -0.05) is 56.9 Å². The van der Waals surface area contributed by atoms with Crippen LogP contribution in [0.4, 0.5) is 11.4 Å². The van der Waals surface area contributed by atoms with Gasteiger partial charge in [0.1, 0.15) is 29.6 Å². The van der Waals surface area contributed by atoms with Gasteiger partial charge in [0.05, 0.1) is 30.3 Å². The van der Waals surface area contributed by atoms with Gasteiger partial charge < -0.3 is 46.8 Å². The van der Waals surface area contributed by atoms with Crippen LogP contribution in [-0.4, -0.2) is 83.7 Å². The molecule has 4 heterocycles. The number of carbonyl (C=O) groups is 5. The van der Waals surface area contributed by atoms with Crippen LogP contribution in [0.1, 0.15) is 76.7 Å². The van der Waals surface area contributed by atoms with E-state index in [1.54, 1.807) is 54.6 Å². The number of fused-ring (bicyclic) bond motifs is 1. The number of aliphatic carboxylic acids is 1. The maximum absolute atomic E-state index is 12.9. The number of amides is 3. The van der Waals surface area contributed by atoms with Gasteiger partial charge in [-0.2, -0.15) is 5.10 Å². The van der Waals surface area contributed by atoms with Crippen molar-refractivity contribution in [3.63, 3.8) is 0 Å². The fraction of sp³-hybridized carbons (Fsp3) is 0.415. The Balaban J connectivity index is 0.000000298. The van der Waals surface area contributed by atoms with Crippen LogP contribution in [0.15, 0.2) is 72.8 Å². The smallest absolute Gasteiger partial charge is 0.550 e. The van der Waals surface area contributed by atoms with E-state index in [2.05, 4.69) is 20.6 Å². The molecule has 1 aromatic heterocycles. The second-order valence-corrected chi connectivity index (χ2v) is 13.8. The number of hydrogen-bond donors (Lipinski definition) is 5. The Labute approximate surface area is 366 Å². The monoisotopic (exact) mass is 823 g/mol. The minimum absolute atomic E-state index is 0. The van der Waals surface area contributed by atoms with Gasteiger partial charge in [0.25, 0.3) is 6.47 Å². The summed E-state index contributed by atoms with van der Waals surface area (Å²) in [5, 5.41) is 19.3. The molecule has 0 spiro atoms. The average Bonchev–Trinajstić information content (AvgIpc) is 3.70. The number of benzene rings is 2. The first kappa shape index (κ1) is 48.0. The normalized spacial score (nSPS) is 16.5. The van der Waals surface area contributed by atoms with Gasteiger partial charge in [-0.25, -0.2) is 4.68 Å². The predicted molar refractivity (Wildman–Crippen MR) is 217 cm³/mol. The molecule has 8 N–H and O–H groups in total. The van der Waals surface area contributed by atoms with Gasteiger partial charge in [0.2, 0.25) is 17.7 Å². The summed E-state index contributed by atoms with van der Waals surface area (Å²) >= 11 is 0. The van der Waals surface area contributed by atoms with Crippen LogP contribution in [0.5, 0.6) is 11.5 Å². The summed E-state index contributed by atoms with van der Waals surface area (Å²) in [6.07, 6.45) is 13.6. The van der Waals surface area contributed by atoms with E-state index in [-0.39, 0.29) is 65.2 Å².